The first-order valence-electron chi connectivity index (χ1n) is 7.40. The predicted octanol–water partition coefficient (Wildman–Crippen LogP) is 4.17. The summed E-state index contributed by atoms with van der Waals surface area (Å²) in [7, 11) is 1.63. The van der Waals surface area contributed by atoms with Crippen LogP contribution in [0.15, 0.2) is 42.7 Å². The van der Waals surface area contributed by atoms with Gasteiger partial charge in [-0.2, -0.15) is 0 Å². The van der Waals surface area contributed by atoms with Crippen LogP contribution in [0, 0.1) is 0 Å². The number of hydrogen-bond acceptors (Lipinski definition) is 5. The molecular formula is C17H12Cl2N4O2. The van der Waals surface area contributed by atoms with E-state index in [2.05, 4.69) is 15.2 Å². The molecule has 4 aromatic rings. The second-order valence-corrected chi connectivity index (χ2v) is 6.12. The first-order valence-corrected chi connectivity index (χ1v) is 8.16. The van der Waals surface area contributed by atoms with Crippen LogP contribution in [0.5, 0.6) is 11.6 Å². The Morgan fingerprint density at radius 1 is 1.04 bits per heavy atom. The third kappa shape index (κ3) is 2.83. The fourth-order valence-electron chi connectivity index (χ4n) is 2.53. The summed E-state index contributed by atoms with van der Waals surface area (Å²) in [6.07, 6.45) is 1.56. The van der Waals surface area contributed by atoms with E-state index in [0.29, 0.717) is 39.2 Å². The van der Waals surface area contributed by atoms with E-state index in [1.807, 2.05) is 24.3 Å². The van der Waals surface area contributed by atoms with Gasteiger partial charge in [0.1, 0.15) is 24.2 Å². The monoisotopic (exact) mass is 374 g/mol. The molecule has 0 aliphatic rings. The van der Waals surface area contributed by atoms with Gasteiger partial charge in [0.25, 0.3) is 5.88 Å². The van der Waals surface area contributed by atoms with Crippen molar-refractivity contribution in [2.24, 2.45) is 0 Å². The van der Waals surface area contributed by atoms with E-state index in [1.165, 1.54) is 0 Å². The number of fused-ring (bicyclic) bond motifs is 3. The van der Waals surface area contributed by atoms with Gasteiger partial charge in [0, 0.05) is 0 Å². The highest BCUT2D eigenvalue weighted by Gasteiger charge is 2.16. The molecule has 0 bridgehead atoms. The first kappa shape index (κ1) is 15.9. The Morgan fingerprint density at radius 3 is 2.56 bits per heavy atom. The van der Waals surface area contributed by atoms with E-state index in [-0.39, 0.29) is 0 Å². The highest BCUT2D eigenvalue weighted by atomic mass is 35.5. The van der Waals surface area contributed by atoms with Crippen molar-refractivity contribution >= 4 is 39.9 Å². The summed E-state index contributed by atoms with van der Waals surface area (Å²) in [6.45, 7) is 0.323. The molecule has 0 spiro atoms. The Hall–Kier alpha value is -2.57. The lowest BCUT2D eigenvalue weighted by Crippen LogP contribution is -2.02. The maximum absolute atomic E-state index is 6.29. The highest BCUT2D eigenvalue weighted by Crippen LogP contribution is 2.32. The van der Waals surface area contributed by atoms with Gasteiger partial charge in [0.2, 0.25) is 5.65 Å². The minimum Gasteiger partial charge on any atom is -0.497 e. The summed E-state index contributed by atoms with van der Waals surface area (Å²) >= 11 is 12.6. The number of rotatable bonds is 4. The number of halogens is 2. The van der Waals surface area contributed by atoms with Crippen molar-refractivity contribution in [1.29, 1.82) is 0 Å². The fourth-order valence-corrected chi connectivity index (χ4v) is 2.97. The van der Waals surface area contributed by atoms with E-state index >= 15 is 0 Å². The van der Waals surface area contributed by atoms with Gasteiger partial charge in [0.15, 0.2) is 0 Å². The van der Waals surface area contributed by atoms with Crippen LogP contribution in [-0.4, -0.2) is 26.7 Å². The Balaban J connectivity index is 1.75. The zero-order valence-electron chi connectivity index (χ0n) is 13.1. The Kier molecular flexibility index (Phi) is 4.07. The maximum Gasteiger partial charge on any atom is 0.261 e. The second-order valence-electron chi connectivity index (χ2n) is 5.30. The molecule has 0 saturated carbocycles. The minimum atomic E-state index is 0.323. The molecule has 0 aliphatic heterocycles. The van der Waals surface area contributed by atoms with Gasteiger partial charge in [-0.05, 0) is 29.8 Å². The average molecular weight is 375 g/mol. The van der Waals surface area contributed by atoms with Gasteiger partial charge in [-0.25, -0.2) is 4.98 Å². The summed E-state index contributed by atoms with van der Waals surface area (Å²) in [6, 6.07) is 11.0. The normalized spacial score (nSPS) is 11.2. The van der Waals surface area contributed by atoms with Crippen LogP contribution in [0.1, 0.15) is 5.56 Å². The van der Waals surface area contributed by atoms with Crippen molar-refractivity contribution in [3.05, 3.63) is 58.3 Å². The van der Waals surface area contributed by atoms with E-state index in [9.17, 15) is 0 Å². The van der Waals surface area contributed by atoms with Crippen molar-refractivity contribution in [1.82, 2.24) is 19.6 Å². The summed E-state index contributed by atoms with van der Waals surface area (Å²) in [5.74, 6) is 1.12. The van der Waals surface area contributed by atoms with Crippen LogP contribution in [0.2, 0.25) is 10.0 Å². The lowest BCUT2D eigenvalue weighted by Gasteiger charge is -2.10. The van der Waals surface area contributed by atoms with E-state index in [1.54, 1.807) is 30.0 Å². The molecule has 0 radical (unpaired) electrons. The topological polar surface area (TPSA) is 61.5 Å². The SMILES string of the molecule is COc1ccc(COc2nc3c(Cl)ccc(Cl)c3n3cnnc23)cc1. The summed E-state index contributed by atoms with van der Waals surface area (Å²) in [5.41, 5.74) is 2.62. The molecule has 2 heterocycles. The molecule has 2 aromatic heterocycles. The molecule has 126 valence electrons. The number of nitrogens with zero attached hydrogens (tertiary/aromatic N) is 4. The lowest BCUT2D eigenvalue weighted by molar-refractivity contribution is 0.297. The van der Waals surface area contributed by atoms with E-state index in [0.717, 1.165) is 11.3 Å². The van der Waals surface area contributed by atoms with Crippen LogP contribution in [0.3, 0.4) is 0 Å². The fraction of sp³-hybridized carbons (Fsp3) is 0.118. The molecule has 0 amide bonds. The zero-order valence-corrected chi connectivity index (χ0v) is 14.6. The van der Waals surface area contributed by atoms with Crippen LogP contribution >= 0.6 is 23.2 Å². The molecule has 2 aromatic carbocycles. The molecule has 4 rings (SSSR count). The van der Waals surface area contributed by atoms with Crippen molar-refractivity contribution in [2.45, 2.75) is 6.61 Å². The molecule has 0 N–H and O–H groups in total. The number of aromatic nitrogens is 4. The molecule has 0 fully saturated rings. The number of ether oxygens (including phenoxy) is 2. The lowest BCUT2D eigenvalue weighted by atomic mass is 10.2. The van der Waals surface area contributed by atoms with Gasteiger partial charge in [-0.15, -0.1) is 10.2 Å². The number of hydrogen-bond donors (Lipinski definition) is 0. The van der Waals surface area contributed by atoms with Crippen molar-refractivity contribution in [2.75, 3.05) is 7.11 Å². The molecule has 25 heavy (non-hydrogen) atoms. The second kappa shape index (κ2) is 6.38. The third-order valence-corrected chi connectivity index (χ3v) is 4.39. The summed E-state index contributed by atoms with van der Waals surface area (Å²) in [5, 5.41) is 9.01. The van der Waals surface area contributed by atoms with Crippen LogP contribution in [0.25, 0.3) is 16.7 Å². The van der Waals surface area contributed by atoms with Gasteiger partial charge in [0.05, 0.1) is 22.7 Å². The highest BCUT2D eigenvalue weighted by molar-refractivity contribution is 6.39. The van der Waals surface area contributed by atoms with Crippen molar-refractivity contribution in [3.8, 4) is 11.6 Å². The van der Waals surface area contributed by atoms with Crippen LogP contribution in [-0.2, 0) is 6.61 Å². The quantitative estimate of drug-likeness (QED) is 0.536. The van der Waals surface area contributed by atoms with Gasteiger partial charge < -0.3 is 9.47 Å². The predicted molar refractivity (Wildman–Crippen MR) is 95.6 cm³/mol. The molecule has 0 unspecified atom stereocenters. The molecule has 0 atom stereocenters. The smallest absolute Gasteiger partial charge is 0.261 e. The molecule has 6 nitrogen and oxygen atoms in total. The molecule has 0 saturated heterocycles. The summed E-state index contributed by atoms with van der Waals surface area (Å²) in [4.78, 5) is 4.50. The Bertz CT molecular complexity index is 1060. The first-order chi connectivity index (χ1) is 12.2. The third-order valence-electron chi connectivity index (χ3n) is 3.78. The molecule has 0 aliphatic carbocycles. The minimum absolute atomic E-state index is 0.323. The average Bonchev–Trinajstić information content (AvgIpc) is 3.13. The number of methoxy groups -OCH3 is 1. The summed E-state index contributed by atoms with van der Waals surface area (Å²) < 4.78 is 12.7. The van der Waals surface area contributed by atoms with Crippen LogP contribution < -0.4 is 9.47 Å². The standard InChI is InChI=1S/C17H12Cl2N4O2/c1-24-11-4-2-10(3-5-11)8-25-17-16-22-20-9-23(16)15-13(19)7-6-12(18)14(15)21-17/h2-7,9H,8H2,1H3. The van der Waals surface area contributed by atoms with Crippen LogP contribution in [0.4, 0.5) is 0 Å². The Morgan fingerprint density at radius 2 is 1.80 bits per heavy atom. The largest absolute Gasteiger partial charge is 0.497 e. The van der Waals surface area contributed by atoms with Gasteiger partial charge in [-0.3, -0.25) is 4.40 Å². The van der Waals surface area contributed by atoms with E-state index < -0.39 is 0 Å². The zero-order chi connectivity index (χ0) is 17.4. The number of benzene rings is 2. The van der Waals surface area contributed by atoms with Crippen molar-refractivity contribution < 1.29 is 9.47 Å². The Labute approximate surface area is 152 Å². The molecular weight excluding hydrogens is 363 g/mol. The molecule has 8 heteroatoms. The maximum atomic E-state index is 6.29. The van der Waals surface area contributed by atoms with Crippen molar-refractivity contribution in [3.63, 3.8) is 0 Å². The van der Waals surface area contributed by atoms with Gasteiger partial charge >= 0.3 is 0 Å². The van der Waals surface area contributed by atoms with E-state index in [4.69, 9.17) is 32.7 Å². The van der Waals surface area contributed by atoms with Gasteiger partial charge in [-0.1, -0.05) is 35.3 Å².